The number of para-hydroxylation sites is 1. The van der Waals surface area contributed by atoms with Gasteiger partial charge in [-0.3, -0.25) is 19.1 Å². The number of fused-ring (bicyclic) bond motifs is 2. The molecule has 152 valence electrons. The summed E-state index contributed by atoms with van der Waals surface area (Å²) >= 11 is 1.58. The van der Waals surface area contributed by atoms with Crippen LogP contribution in [0.25, 0.3) is 10.2 Å². The minimum Gasteiger partial charge on any atom is -0.342 e. The van der Waals surface area contributed by atoms with E-state index in [4.69, 9.17) is 0 Å². The van der Waals surface area contributed by atoms with Gasteiger partial charge in [0.15, 0.2) is 5.82 Å². The minimum absolute atomic E-state index is 0.0332. The number of hydrogen-bond acceptors (Lipinski definition) is 6. The smallest absolute Gasteiger partial charge is 0.342 e. The predicted octanol–water partition coefficient (Wildman–Crippen LogP) is 2.10. The highest BCUT2D eigenvalue weighted by molar-refractivity contribution is 7.18. The summed E-state index contributed by atoms with van der Waals surface area (Å²) in [5, 5.41) is 7.46. The van der Waals surface area contributed by atoms with Crippen LogP contribution < -0.4 is 16.0 Å². The topological polar surface area (TPSA) is 124 Å². The van der Waals surface area contributed by atoms with Gasteiger partial charge in [0.25, 0.3) is 5.91 Å². The molecule has 0 bridgehead atoms. The molecule has 1 aliphatic heterocycles. The first kappa shape index (κ1) is 18.4. The second-order valence-corrected chi connectivity index (χ2v) is 8.41. The van der Waals surface area contributed by atoms with Crippen molar-refractivity contribution < 1.29 is 14.1 Å². The number of nitrogens with zero attached hydrogens (tertiary/aromatic N) is 2. The summed E-state index contributed by atoms with van der Waals surface area (Å²) in [6.45, 7) is 2.04. The van der Waals surface area contributed by atoms with Gasteiger partial charge in [-0.05, 0) is 30.7 Å². The molecule has 1 atom stereocenters. The van der Waals surface area contributed by atoms with Crippen molar-refractivity contribution in [3.05, 3.63) is 68.9 Å². The molecule has 3 N–H and O–H groups in total. The molecule has 0 saturated carbocycles. The fourth-order valence-corrected chi connectivity index (χ4v) is 4.63. The number of aromatic nitrogens is 3. The zero-order valence-corrected chi connectivity index (χ0v) is 16.7. The van der Waals surface area contributed by atoms with Crippen LogP contribution in [0, 0.1) is 6.92 Å². The fourth-order valence-electron chi connectivity index (χ4n) is 3.73. The Morgan fingerprint density at radius 1 is 1.30 bits per heavy atom. The molecule has 10 heteroatoms. The molecule has 1 unspecified atom stereocenters. The average molecular weight is 423 g/mol. The summed E-state index contributed by atoms with van der Waals surface area (Å²) in [7, 11) is 0. The molecular formula is C20H17N5O4S. The van der Waals surface area contributed by atoms with E-state index in [9.17, 15) is 14.4 Å². The lowest BCUT2D eigenvalue weighted by Gasteiger charge is -2.33. The van der Waals surface area contributed by atoms with Crippen molar-refractivity contribution in [2.24, 2.45) is 0 Å². The predicted molar refractivity (Wildman–Crippen MR) is 111 cm³/mol. The minimum atomic E-state index is -0.742. The standard InChI is InChI=1S/C20H17N5O4S/c1-10-6-12-8-13(22-18(12)30-10)17(26)21-14-7-11-4-2-3-5-15(11)25(19(14)27)9-16-23-20(28)29-24-16/h2-6,8,14,22H,7,9H2,1H3,(H,21,26)(H,23,24,28). The van der Waals surface area contributed by atoms with Crippen LogP contribution in [0.1, 0.15) is 26.8 Å². The Morgan fingerprint density at radius 3 is 2.90 bits per heavy atom. The number of rotatable bonds is 4. The molecule has 30 heavy (non-hydrogen) atoms. The lowest BCUT2D eigenvalue weighted by atomic mass is 9.97. The summed E-state index contributed by atoms with van der Waals surface area (Å²) in [6, 6.07) is 10.5. The molecule has 0 radical (unpaired) electrons. The molecular weight excluding hydrogens is 406 g/mol. The molecule has 4 aromatic rings. The maximum absolute atomic E-state index is 13.2. The first-order valence-corrected chi connectivity index (χ1v) is 10.1. The van der Waals surface area contributed by atoms with E-state index in [1.54, 1.807) is 17.4 Å². The van der Waals surface area contributed by atoms with E-state index in [0.717, 1.165) is 20.7 Å². The van der Waals surface area contributed by atoms with Crippen LogP contribution in [-0.4, -0.2) is 33.0 Å². The second kappa shape index (κ2) is 6.99. The molecule has 3 aromatic heterocycles. The number of carbonyl (C=O) groups is 2. The monoisotopic (exact) mass is 423 g/mol. The van der Waals surface area contributed by atoms with Crippen molar-refractivity contribution in [2.45, 2.75) is 25.9 Å². The summed E-state index contributed by atoms with van der Waals surface area (Å²) < 4.78 is 4.54. The fraction of sp³-hybridized carbons (Fsp3) is 0.200. The summed E-state index contributed by atoms with van der Waals surface area (Å²) in [5.74, 6) is -1.08. The van der Waals surface area contributed by atoms with E-state index in [-0.39, 0.29) is 24.2 Å². The number of amides is 2. The van der Waals surface area contributed by atoms with E-state index in [2.05, 4.69) is 25.0 Å². The number of carbonyl (C=O) groups excluding carboxylic acids is 2. The Kier molecular flexibility index (Phi) is 4.28. The van der Waals surface area contributed by atoms with E-state index >= 15 is 0 Å². The van der Waals surface area contributed by atoms with Gasteiger partial charge in [0, 0.05) is 22.4 Å². The number of H-pyrrole nitrogens is 2. The number of hydrogen-bond donors (Lipinski definition) is 3. The van der Waals surface area contributed by atoms with Crippen LogP contribution in [0.4, 0.5) is 5.69 Å². The maximum Gasteiger partial charge on any atom is 0.438 e. The zero-order valence-electron chi connectivity index (χ0n) is 15.9. The Bertz CT molecular complexity index is 1300. The van der Waals surface area contributed by atoms with Gasteiger partial charge in [0.2, 0.25) is 5.91 Å². The van der Waals surface area contributed by atoms with Crippen LogP contribution in [0.2, 0.25) is 0 Å². The van der Waals surface area contributed by atoms with Gasteiger partial charge < -0.3 is 15.2 Å². The van der Waals surface area contributed by atoms with Crippen LogP contribution in [-0.2, 0) is 17.8 Å². The van der Waals surface area contributed by atoms with Crippen molar-refractivity contribution in [1.29, 1.82) is 0 Å². The molecule has 2 amide bonds. The number of aryl methyl sites for hydroxylation is 1. The quantitative estimate of drug-likeness (QED) is 0.464. The lowest BCUT2D eigenvalue weighted by molar-refractivity contribution is -0.121. The van der Waals surface area contributed by atoms with Gasteiger partial charge in [-0.15, -0.1) is 11.3 Å². The normalized spacial score (nSPS) is 16.1. The van der Waals surface area contributed by atoms with Crippen LogP contribution >= 0.6 is 11.3 Å². The maximum atomic E-state index is 13.2. The highest BCUT2D eigenvalue weighted by Gasteiger charge is 2.34. The largest absolute Gasteiger partial charge is 0.438 e. The number of thiophene rings is 1. The third kappa shape index (κ3) is 3.20. The van der Waals surface area contributed by atoms with Crippen LogP contribution in [0.5, 0.6) is 0 Å². The zero-order chi connectivity index (χ0) is 20.8. The van der Waals surface area contributed by atoms with Crippen LogP contribution in [0.3, 0.4) is 0 Å². The SMILES string of the molecule is Cc1cc2cc(C(=O)NC3Cc4ccccc4N(Cc4noc(=O)[nH]4)C3=O)[nH]c2s1. The molecule has 1 aromatic carbocycles. The summed E-state index contributed by atoms with van der Waals surface area (Å²) in [6.07, 6.45) is 0.376. The molecule has 0 fully saturated rings. The molecule has 5 rings (SSSR count). The number of benzene rings is 1. The molecule has 9 nitrogen and oxygen atoms in total. The third-order valence-corrected chi connectivity index (χ3v) is 6.03. The average Bonchev–Trinajstić information content (AvgIpc) is 3.39. The third-order valence-electron chi connectivity index (χ3n) is 5.05. The molecule has 4 heterocycles. The lowest BCUT2D eigenvalue weighted by Crippen LogP contribution is -2.52. The van der Waals surface area contributed by atoms with E-state index < -0.39 is 11.8 Å². The first-order valence-electron chi connectivity index (χ1n) is 9.32. The van der Waals surface area contributed by atoms with Gasteiger partial charge in [0.05, 0.1) is 6.54 Å². The van der Waals surface area contributed by atoms with Gasteiger partial charge in [-0.25, -0.2) is 4.79 Å². The van der Waals surface area contributed by atoms with Crippen LogP contribution in [0.15, 0.2) is 45.7 Å². The highest BCUT2D eigenvalue weighted by Crippen LogP contribution is 2.29. The van der Waals surface area contributed by atoms with E-state index in [0.29, 0.717) is 17.8 Å². The van der Waals surface area contributed by atoms with Crippen molar-refractivity contribution in [1.82, 2.24) is 20.4 Å². The summed E-state index contributed by atoms with van der Waals surface area (Å²) in [4.78, 5) is 46.4. The van der Waals surface area contributed by atoms with Crippen molar-refractivity contribution in [3.8, 4) is 0 Å². The van der Waals surface area contributed by atoms with Crippen molar-refractivity contribution in [3.63, 3.8) is 0 Å². The number of aromatic amines is 2. The van der Waals surface area contributed by atoms with Gasteiger partial charge in [0.1, 0.15) is 16.6 Å². The molecule has 0 saturated heterocycles. The van der Waals surface area contributed by atoms with Crippen molar-refractivity contribution >= 4 is 39.1 Å². The Morgan fingerprint density at radius 2 is 2.13 bits per heavy atom. The summed E-state index contributed by atoms with van der Waals surface area (Å²) in [5.41, 5.74) is 2.04. The molecule has 0 spiro atoms. The Balaban J connectivity index is 1.42. The van der Waals surface area contributed by atoms with Gasteiger partial charge in [-0.2, -0.15) is 0 Å². The van der Waals surface area contributed by atoms with Crippen molar-refractivity contribution in [2.75, 3.05) is 4.90 Å². The number of nitrogens with one attached hydrogen (secondary N) is 3. The van der Waals surface area contributed by atoms with Gasteiger partial charge in [-0.1, -0.05) is 23.4 Å². The second-order valence-electron chi connectivity index (χ2n) is 7.15. The number of anilines is 1. The highest BCUT2D eigenvalue weighted by atomic mass is 32.1. The molecule has 1 aliphatic rings. The van der Waals surface area contributed by atoms with E-state index in [1.165, 1.54) is 4.90 Å². The first-order chi connectivity index (χ1) is 14.5. The Hall–Kier alpha value is -3.66. The molecule has 0 aliphatic carbocycles. The van der Waals surface area contributed by atoms with E-state index in [1.807, 2.05) is 37.3 Å². The Labute approximate surface area is 173 Å². The van der Waals surface area contributed by atoms with Gasteiger partial charge >= 0.3 is 5.76 Å².